The number of nitrogens with zero attached hydrogens (tertiary/aromatic N) is 3. The third-order valence-electron chi connectivity index (χ3n) is 4.63. The number of ether oxygens (including phenoxy) is 1. The van der Waals surface area contributed by atoms with E-state index in [0.717, 1.165) is 44.1 Å². The first-order valence-electron chi connectivity index (χ1n) is 8.83. The van der Waals surface area contributed by atoms with Gasteiger partial charge in [-0.3, -0.25) is 14.6 Å². The largest absolute Gasteiger partial charge is 0.379 e. The first-order chi connectivity index (χ1) is 12.1. The maximum Gasteiger partial charge on any atom is 0.325 e. The molecule has 1 N–H and O–H groups in total. The number of nitrogens with one attached hydrogen (secondary N) is 1. The second kappa shape index (κ2) is 8.31. The molecule has 1 aromatic rings. The molecule has 0 saturated carbocycles. The molecule has 2 fully saturated rings. The van der Waals surface area contributed by atoms with Crippen LogP contribution in [0.5, 0.6) is 0 Å². The van der Waals surface area contributed by atoms with E-state index in [1.807, 2.05) is 31.2 Å². The van der Waals surface area contributed by atoms with Crippen molar-refractivity contribution in [3.05, 3.63) is 29.8 Å². The second-order valence-corrected chi connectivity index (χ2v) is 6.50. The average molecular weight is 346 g/mol. The summed E-state index contributed by atoms with van der Waals surface area (Å²) >= 11 is 0. The molecule has 2 heterocycles. The zero-order valence-electron chi connectivity index (χ0n) is 14.7. The Morgan fingerprint density at radius 3 is 2.56 bits per heavy atom. The van der Waals surface area contributed by atoms with Crippen LogP contribution in [0, 0.1) is 6.92 Å². The van der Waals surface area contributed by atoms with E-state index in [1.165, 1.54) is 0 Å². The Balaban J connectivity index is 1.42. The van der Waals surface area contributed by atoms with E-state index in [4.69, 9.17) is 4.74 Å². The number of hydrogen-bond acceptors (Lipinski definition) is 4. The monoisotopic (exact) mass is 346 g/mol. The van der Waals surface area contributed by atoms with Crippen LogP contribution in [0.3, 0.4) is 0 Å². The van der Waals surface area contributed by atoms with Crippen LogP contribution in [0.15, 0.2) is 24.3 Å². The molecule has 1 aromatic carbocycles. The molecule has 0 bridgehead atoms. The van der Waals surface area contributed by atoms with Crippen LogP contribution in [0.1, 0.15) is 5.56 Å². The van der Waals surface area contributed by atoms with E-state index in [-0.39, 0.29) is 18.5 Å². The number of amides is 3. The summed E-state index contributed by atoms with van der Waals surface area (Å²) in [5.74, 6) is -0.104. The second-order valence-electron chi connectivity index (χ2n) is 6.50. The summed E-state index contributed by atoms with van der Waals surface area (Å²) in [6, 6.07) is 7.76. The number of urea groups is 1. The van der Waals surface area contributed by atoms with Crippen LogP contribution in [-0.2, 0) is 9.53 Å². The predicted octanol–water partition coefficient (Wildman–Crippen LogP) is 0.685. The highest BCUT2D eigenvalue weighted by Gasteiger charge is 2.30. The van der Waals surface area contributed by atoms with E-state index in [1.54, 1.807) is 9.80 Å². The summed E-state index contributed by atoms with van der Waals surface area (Å²) in [5, 5.41) is 2.91. The number of rotatable bonds is 6. The van der Waals surface area contributed by atoms with Crippen molar-refractivity contribution in [1.82, 2.24) is 15.1 Å². The van der Waals surface area contributed by atoms with Crippen molar-refractivity contribution in [2.75, 3.05) is 63.9 Å². The average Bonchev–Trinajstić information content (AvgIpc) is 2.97. The Kier molecular flexibility index (Phi) is 5.88. The quantitative estimate of drug-likeness (QED) is 0.823. The fraction of sp³-hybridized carbons (Fsp3) is 0.556. The molecule has 3 rings (SSSR count). The third-order valence-corrected chi connectivity index (χ3v) is 4.63. The number of anilines is 1. The van der Waals surface area contributed by atoms with Gasteiger partial charge in [-0.2, -0.15) is 0 Å². The van der Waals surface area contributed by atoms with Crippen molar-refractivity contribution in [1.29, 1.82) is 0 Å². The van der Waals surface area contributed by atoms with Crippen molar-refractivity contribution in [3.8, 4) is 0 Å². The molecule has 0 spiro atoms. The van der Waals surface area contributed by atoms with Gasteiger partial charge in [0, 0.05) is 45.0 Å². The van der Waals surface area contributed by atoms with Gasteiger partial charge >= 0.3 is 6.03 Å². The predicted molar refractivity (Wildman–Crippen MR) is 95.8 cm³/mol. The van der Waals surface area contributed by atoms with E-state index < -0.39 is 0 Å². The number of benzene rings is 1. The molecular formula is C18H26N4O3. The summed E-state index contributed by atoms with van der Waals surface area (Å²) in [6.07, 6.45) is 0. The molecular weight excluding hydrogens is 320 g/mol. The fourth-order valence-corrected chi connectivity index (χ4v) is 3.10. The first-order valence-corrected chi connectivity index (χ1v) is 8.83. The zero-order chi connectivity index (χ0) is 17.6. The first kappa shape index (κ1) is 17.7. The molecule has 25 heavy (non-hydrogen) atoms. The van der Waals surface area contributed by atoms with E-state index >= 15 is 0 Å². The van der Waals surface area contributed by atoms with Crippen molar-refractivity contribution in [2.45, 2.75) is 6.92 Å². The van der Waals surface area contributed by atoms with E-state index in [2.05, 4.69) is 10.2 Å². The lowest BCUT2D eigenvalue weighted by atomic mass is 10.2. The van der Waals surface area contributed by atoms with Crippen molar-refractivity contribution < 1.29 is 14.3 Å². The summed E-state index contributed by atoms with van der Waals surface area (Å²) < 4.78 is 5.30. The molecule has 7 heteroatoms. The van der Waals surface area contributed by atoms with Gasteiger partial charge in [0.1, 0.15) is 6.54 Å². The molecule has 2 aliphatic rings. The number of morpholine rings is 1. The van der Waals surface area contributed by atoms with Gasteiger partial charge in [0.25, 0.3) is 0 Å². The summed E-state index contributed by atoms with van der Waals surface area (Å²) in [5.41, 5.74) is 2.04. The number of aryl methyl sites for hydroxylation is 1. The highest BCUT2D eigenvalue weighted by molar-refractivity contribution is 5.96. The maximum atomic E-state index is 12.5. The number of hydrogen-bond donors (Lipinski definition) is 1. The third kappa shape index (κ3) is 4.70. The Labute approximate surface area is 148 Å². The highest BCUT2D eigenvalue weighted by Crippen LogP contribution is 2.20. The Morgan fingerprint density at radius 2 is 1.84 bits per heavy atom. The van der Waals surface area contributed by atoms with Crippen LogP contribution >= 0.6 is 0 Å². The normalized spacial score (nSPS) is 18.7. The van der Waals surface area contributed by atoms with Gasteiger partial charge in [0.15, 0.2) is 0 Å². The van der Waals surface area contributed by atoms with Crippen LogP contribution in [0.4, 0.5) is 10.5 Å². The van der Waals surface area contributed by atoms with Crippen molar-refractivity contribution in [2.24, 2.45) is 0 Å². The summed E-state index contributed by atoms with van der Waals surface area (Å²) in [7, 11) is 0. The maximum absolute atomic E-state index is 12.5. The van der Waals surface area contributed by atoms with Gasteiger partial charge < -0.3 is 15.0 Å². The van der Waals surface area contributed by atoms with Gasteiger partial charge in [0.2, 0.25) is 5.91 Å². The molecule has 2 saturated heterocycles. The molecule has 2 aliphatic heterocycles. The van der Waals surface area contributed by atoms with E-state index in [0.29, 0.717) is 19.6 Å². The standard InChI is InChI=1S/C18H26N4O3/c1-15-2-4-16(5-3-15)22-9-8-21(18(22)24)14-17(23)19-6-7-20-10-12-25-13-11-20/h2-5H,6-14H2,1H3,(H,19,23). The molecule has 0 radical (unpaired) electrons. The van der Waals surface area contributed by atoms with Gasteiger partial charge in [-0.15, -0.1) is 0 Å². The minimum atomic E-state index is -0.104. The smallest absolute Gasteiger partial charge is 0.325 e. The van der Waals surface area contributed by atoms with Crippen molar-refractivity contribution in [3.63, 3.8) is 0 Å². The number of carbonyl (C=O) groups is 2. The van der Waals surface area contributed by atoms with Gasteiger partial charge in [0.05, 0.1) is 13.2 Å². The molecule has 0 atom stereocenters. The summed E-state index contributed by atoms with van der Waals surface area (Å²) in [4.78, 5) is 30.2. The van der Waals surface area contributed by atoms with Crippen LogP contribution in [0.2, 0.25) is 0 Å². The van der Waals surface area contributed by atoms with Crippen molar-refractivity contribution >= 4 is 17.6 Å². The van der Waals surface area contributed by atoms with Crippen LogP contribution < -0.4 is 10.2 Å². The van der Waals surface area contributed by atoms with Crippen LogP contribution in [-0.4, -0.2) is 80.8 Å². The minimum Gasteiger partial charge on any atom is -0.379 e. The summed E-state index contributed by atoms with van der Waals surface area (Å²) in [6.45, 7) is 8.06. The topological polar surface area (TPSA) is 65.1 Å². The van der Waals surface area contributed by atoms with Gasteiger partial charge in [-0.05, 0) is 19.1 Å². The lowest BCUT2D eigenvalue weighted by Gasteiger charge is -2.26. The SMILES string of the molecule is Cc1ccc(N2CCN(CC(=O)NCCN3CCOCC3)C2=O)cc1. The van der Waals surface area contributed by atoms with Gasteiger partial charge in [-0.1, -0.05) is 17.7 Å². The van der Waals surface area contributed by atoms with Crippen LogP contribution in [0.25, 0.3) is 0 Å². The molecule has 0 unspecified atom stereocenters. The molecule has 3 amide bonds. The fourth-order valence-electron chi connectivity index (χ4n) is 3.10. The Morgan fingerprint density at radius 1 is 1.12 bits per heavy atom. The zero-order valence-corrected chi connectivity index (χ0v) is 14.7. The lowest BCUT2D eigenvalue weighted by Crippen LogP contribution is -2.44. The molecule has 7 nitrogen and oxygen atoms in total. The highest BCUT2D eigenvalue weighted by atomic mass is 16.5. The molecule has 0 aliphatic carbocycles. The molecule has 136 valence electrons. The number of carbonyl (C=O) groups excluding carboxylic acids is 2. The minimum absolute atomic E-state index is 0.104. The lowest BCUT2D eigenvalue weighted by molar-refractivity contribution is -0.121. The Hall–Kier alpha value is -2.12. The Bertz CT molecular complexity index is 599. The van der Waals surface area contributed by atoms with Gasteiger partial charge in [-0.25, -0.2) is 4.79 Å². The van der Waals surface area contributed by atoms with E-state index in [9.17, 15) is 9.59 Å². The molecule has 0 aromatic heterocycles.